The first-order valence-electron chi connectivity index (χ1n) is 4.76. The molecule has 1 aromatic heterocycles. The van der Waals surface area contributed by atoms with Gasteiger partial charge in [0.25, 0.3) is 0 Å². The second-order valence-electron chi connectivity index (χ2n) is 3.58. The fourth-order valence-corrected chi connectivity index (χ4v) is 1.79. The summed E-state index contributed by atoms with van der Waals surface area (Å²) in [5, 5.41) is 1.31. The molecule has 13 heavy (non-hydrogen) atoms. The highest BCUT2D eigenvalue weighted by Gasteiger charge is 2.15. The molecule has 2 heterocycles. The molecule has 3 rings (SSSR count). The second-order valence-corrected chi connectivity index (χ2v) is 3.58. The molecule has 0 radical (unpaired) electrons. The van der Waals surface area contributed by atoms with E-state index >= 15 is 0 Å². The first-order chi connectivity index (χ1) is 6.43. The van der Waals surface area contributed by atoms with Crippen molar-refractivity contribution >= 4 is 16.7 Å². The minimum Gasteiger partial charge on any atom is -0.358 e. The number of hydrogen-bond acceptors (Lipinski definition) is 1. The van der Waals surface area contributed by atoms with E-state index in [2.05, 4.69) is 40.2 Å². The SMILES string of the molecule is c1ccc2[nH]c(N3CCC3)cc2c1. The van der Waals surface area contributed by atoms with E-state index in [1.165, 1.54) is 36.2 Å². The van der Waals surface area contributed by atoms with Gasteiger partial charge in [-0.25, -0.2) is 0 Å². The van der Waals surface area contributed by atoms with Gasteiger partial charge in [0.1, 0.15) is 5.82 Å². The number of anilines is 1. The van der Waals surface area contributed by atoms with Gasteiger partial charge in [0.05, 0.1) is 0 Å². The van der Waals surface area contributed by atoms with Crippen LogP contribution in [0.5, 0.6) is 0 Å². The molecule has 1 aromatic carbocycles. The van der Waals surface area contributed by atoms with Crippen molar-refractivity contribution in [2.45, 2.75) is 6.42 Å². The lowest BCUT2D eigenvalue weighted by molar-refractivity contribution is 0.612. The van der Waals surface area contributed by atoms with Crippen molar-refractivity contribution < 1.29 is 0 Å². The van der Waals surface area contributed by atoms with Crippen molar-refractivity contribution in [1.29, 1.82) is 0 Å². The lowest BCUT2D eigenvalue weighted by Crippen LogP contribution is -2.37. The summed E-state index contributed by atoms with van der Waals surface area (Å²) < 4.78 is 0. The van der Waals surface area contributed by atoms with Crippen LogP contribution < -0.4 is 4.90 Å². The number of rotatable bonds is 1. The Morgan fingerprint density at radius 2 is 2.00 bits per heavy atom. The number of hydrogen-bond donors (Lipinski definition) is 1. The average molecular weight is 172 g/mol. The van der Waals surface area contributed by atoms with Gasteiger partial charge in [-0.1, -0.05) is 18.2 Å². The van der Waals surface area contributed by atoms with Crippen LogP contribution in [0.15, 0.2) is 30.3 Å². The van der Waals surface area contributed by atoms with Crippen LogP contribution >= 0.6 is 0 Å². The average Bonchev–Trinajstić information content (AvgIpc) is 2.43. The normalized spacial score (nSPS) is 16.2. The summed E-state index contributed by atoms with van der Waals surface area (Å²) in [5.41, 5.74) is 1.24. The number of benzene rings is 1. The number of para-hydroxylation sites is 1. The maximum absolute atomic E-state index is 3.42. The molecular formula is C11H12N2. The van der Waals surface area contributed by atoms with Gasteiger partial charge in [-0.15, -0.1) is 0 Å². The number of nitrogens with one attached hydrogen (secondary N) is 1. The maximum Gasteiger partial charge on any atom is 0.106 e. The van der Waals surface area contributed by atoms with E-state index in [9.17, 15) is 0 Å². The first kappa shape index (κ1) is 7.01. The Hall–Kier alpha value is -1.44. The Labute approximate surface area is 77.2 Å². The fourth-order valence-electron chi connectivity index (χ4n) is 1.79. The monoisotopic (exact) mass is 172 g/mol. The molecule has 66 valence electrons. The summed E-state index contributed by atoms with van der Waals surface area (Å²) in [5.74, 6) is 1.27. The van der Waals surface area contributed by atoms with E-state index in [1.807, 2.05) is 0 Å². The smallest absolute Gasteiger partial charge is 0.106 e. The minimum absolute atomic E-state index is 1.20. The quantitative estimate of drug-likeness (QED) is 0.699. The Balaban J connectivity index is 2.10. The van der Waals surface area contributed by atoms with E-state index in [1.54, 1.807) is 0 Å². The molecular weight excluding hydrogens is 160 g/mol. The van der Waals surface area contributed by atoms with Crippen molar-refractivity contribution in [2.75, 3.05) is 18.0 Å². The van der Waals surface area contributed by atoms with E-state index in [4.69, 9.17) is 0 Å². The van der Waals surface area contributed by atoms with Crippen LogP contribution in [-0.4, -0.2) is 18.1 Å². The minimum atomic E-state index is 1.20. The number of aromatic amines is 1. The van der Waals surface area contributed by atoms with Gasteiger partial charge in [0.15, 0.2) is 0 Å². The fraction of sp³-hybridized carbons (Fsp3) is 0.273. The summed E-state index contributed by atoms with van der Waals surface area (Å²) in [4.78, 5) is 5.80. The zero-order valence-electron chi connectivity index (χ0n) is 7.46. The van der Waals surface area contributed by atoms with Gasteiger partial charge in [0.2, 0.25) is 0 Å². The number of H-pyrrole nitrogens is 1. The number of fused-ring (bicyclic) bond motifs is 1. The Morgan fingerprint density at radius 3 is 2.69 bits per heavy atom. The Kier molecular flexibility index (Phi) is 1.36. The van der Waals surface area contributed by atoms with Crippen LogP contribution in [0, 0.1) is 0 Å². The molecule has 2 aromatic rings. The highest BCUT2D eigenvalue weighted by molar-refractivity contribution is 5.84. The summed E-state index contributed by atoms with van der Waals surface area (Å²) >= 11 is 0. The Morgan fingerprint density at radius 1 is 1.15 bits per heavy atom. The molecule has 1 fully saturated rings. The second kappa shape index (κ2) is 2.52. The van der Waals surface area contributed by atoms with Gasteiger partial charge in [0, 0.05) is 24.0 Å². The molecule has 0 amide bonds. The van der Waals surface area contributed by atoms with E-state index < -0.39 is 0 Å². The van der Waals surface area contributed by atoms with Gasteiger partial charge < -0.3 is 9.88 Å². The van der Waals surface area contributed by atoms with Crippen LogP contribution in [0.2, 0.25) is 0 Å². The number of nitrogens with zero attached hydrogens (tertiary/aromatic N) is 1. The molecule has 2 heteroatoms. The van der Waals surface area contributed by atoms with Crippen molar-refractivity contribution in [3.05, 3.63) is 30.3 Å². The van der Waals surface area contributed by atoms with E-state index in [0.717, 1.165) is 0 Å². The molecule has 0 aliphatic carbocycles. The molecule has 1 N–H and O–H groups in total. The zero-order valence-corrected chi connectivity index (χ0v) is 7.46. The first-order valence-corrected chi connectivity index (χ1v) is 4.76. The Bertz CT molecular complexity index is 393. The third kappa shape index (κ3) is 1.02. The molecule has 0 saturated carbocycles. The predicted molar refractivity (Wildman–Crippen MR) is 55.1 cm³/mol. The molecule has 1 saturated heterocycles. The van der Waals surface area contributed by atoms with E-state index in [-0.39, 0.29) is 0 Å². The molecule has 1 aliphatic heterocycles. The highest BCUT2D eigenvalue weighted by Crippen LogP contribution is 2.24. The summed E-state index contributed by atoms with van der Waals surface area (Å²) in [7, 11) is 0. The standard InChI is InChI=1S/C11H12N2/c1-2-5-10-9(4-1)8-11(12-10)13-6-3-7-13/h1-2,4-5,8,12H,3,6-7H2. The van der Waals surface area contributed by atoms with Crippen molar-refractivity contribution in [3.8, 4) is 0 Å². The largest absolute Gasteiger partial charge is 0.358 e. The van der Waals surface area contributed by atoms with Crippen LogP contribution in [0.3, 0.4) is 0 Å². The van der Waals surface area contributed by atoms with Gasteiger partial charge in [-0.2, -0.15) is 0 Å². The zero-order chi connectivity index (χ0) is 8.67. The summed E-state index contributed by atoms with van der Waals surface area (Å²) in [6.07, 6.45) is 1.33. The van der Waals surface area contributed by atoms with Crippen LogP contribution in [0.4, 0.5) is 5.82 Å². The van der Waals surface area contributed by atoms with Gasteiger partial charge in [-0.05, 0) is 18.6 Å². The predicted octanol–water partition coefficient (Wildman–Crippen LogP) is 2.38. The van der Waals surface area contributed by atoms with Crippen molar-refractivity contribution in [1.82, 2.24) is 4.98 Å². The lowest BCUT2D eigenvalue weighted by atomic mass is 10.2. The topological polar surface area (TPSA) is 19.0 Å². The van der Waals surface area contributed by atoms with E-state index in [0.29, 0.717) is 0 Å². The summed E-state index contributed by atoms with van der Waals surface area (Å²) in [6, 6.07) is 10.6. The van der Waals surface area contributed by atoms with Gasteiger partial charge in [-0.3, -0.25) is 0 Å². The van der Waals surface area contributed by atoms with Crippen molar-refractivity contribution in [3.63, 3.8) is 0 Å². The number of aromatic nitrogens is 1. The maximum atomic E-state index is 3.42. The summed E-state index contributed by atoms with van der Waals surface area (Å²) in [6.45, 7) is 2.40. The third-order valence-electron chi connectivity index (χ3n) is 2.71. The van der Waals surface area contributed by atoms with Crippen molar-refractivity contribution in [2.24, 2.45) is 0 Å². The molecule has 2 nitrogen and oxygen atoms in total. The molecule has 0 spiro atoms. The van der Waals surface area contributed by atoms with Crippen LogP contribution in [-0.2, 0) is 0 Å². The highest BCUT2D eigenvalue weighted by atomic mass is 15.2. The molecule has 0 atom stereocenters. The molecule has 1 aliphatic rings. The van der Waals surface area contributed by atoms with Crippen LogP contribution in [0.1, 0.15) is 6.42 Å². The third-order valence-corrected chi connectivity index (χ3v) is 2.71. The lowest BCUT2D eigenvalue weighted by Gasteiger charge is -2.31. The molecule has 0 unspecified atom stereocenters. The molecule has 0 bridgehead atoms. The van der Waals surface area contributed by atoms with Gasteiger partial charge >= 0.3 is 0 Å². The van der Waals surface area contributed by atoms with Crippen LogP contribution in [0.25, 0.3) is 10.9 Å².